The van der Waals surface area contributed by atoms with E-state index >= 15 is 0 Å². The highest BCUT2D eigenvalue weighted by Crippen LogP contribution is 2.36. The van der Waals surface area contributed by atoms with Gasteiger partial charge in [-0.15, -0.1) is 24.8 Å². The summed E-state index contributed by atoms with van der Waals surface area (Å²) in [6.07, 6.45) is 0. The van der Waals surface area contributed by atoms with Gasteiger partial charge in [0.05, 0.1) is 23.8 Å². The quantitative estimate of drug-likeness (QED) is 0.259. The number of phenolic OH excluding ortho intramolecular Hbond substituents is 1. The first-order valence-corrected chi connectivity index (χ1v) is 10.8. The van der Waals surface area contributed by atoms with Crippen molar-refractivity contribution in [3.05, 3.63) is 65.2 Å². The van der Waals surface area contributed by atoms with E-state index in [0.717, 1.165) is 64.1 Å². The van der Waals surface area contributed by atoms with Crippen molar-refractivity contribution in [1.29, 1.82) is 0 Å². The third-order valence-electron chi connectivity index (χ3n) is 5.59. The minimum atomic E-state index is 0. The summed E-state index contributed by atoms with van der Waals surface area (Å²) in [7, 11) is 1.65. The molecule has 3 aromatic carbocycles. The molecule has 0 bridgehead atoms. The van der Waals surface area contributed by atoms with Gasteiger partial charge in [0.1, 0.15) is 11.5 Å². The van der Waals surface area contributed by atoms with Crippen LogP contribution in [0.2, 0.25) is 5.02 Å². The van der Waals surface area contributed by atoms with Crippen LogP contribution < -0.4 is 10.1 Å². The topological polar surface area (TPSA) is 57.6 Å². The smallest absolute Gasteiger partial charge is 0.122 e. The number of fused-ring (bicyclic) bond motifs is 2. The van der Waals surface area contributed by atoms with Crippen LogP contribution in [0, 0.1) is 0 Å². The lowest BCUT2D eigenvalue weighted by Crippen LogP contribution is -2.22. The van der Waals surface area contributed by atoms with Crippen molar-refractivity contribution in [3.63, 3.8) is 0 Å². The Kier molecular flexibility index (Phi) is 9.44. The van der Waals surface area contributed by atoms with Crippen LogP contribution in [0.5, 0.6) is 11.5 Å². The van der Waals surface area contributed by atoms with E-state index in [0.29, 0.717) is 5.02 Å². The van der Waals surface area contributed by atoms with E-state index < -0.39 is 0 Å². The van der Waals surface area contributed by atoms with Gasteiger partial charge in [0, 0.05) is 39.7 Å². The van der Waals surface area contributed by atoms with Gasteiger partial charge in [-0.2, -0.15) is 0 Å². The van der Waals surface area contributed by atoms with Crippen LogP contribution in [0.4, 0.5) is 11.4 Å². The predicted octanol–water partition coefficient (Wildman–Crippen LogP) is 7.18. The molecule has 0 saturated carbocycles. The Balaban J connectivity index is 0.00000193. The van der Waals surface area contributed by atoms with Gasteiger partial charge in [0.25, 0.3) is 0 Å². The highest BCUT2D eigenvalue weighted by Gasteiger charge is 2.13. The second-order valence-electron chi connectivity index (χ2n) is 7.46. The van der Waals surface area contributed by atoms with Crippen LogP contribution in [-0.2, 0) is 6.54 Å². The summed E-state index contributed by atoms with van der Waals surface area (Å²) in [6, 6.07) is 17.2. The zero-order valence-corrected chi connectivity index (χ0v) is 21.2. The minimum Gasteiger partial charge on any atom is -0.508 e. The second kappa shape index (κ2) is 11.6. The van der Waals surface area contributed by atoms with Crippen molar-refractivity contribution in [2.45, 2.75) is 20.4 Å². The Morgan fingerprint density at radius 2 is 1.70 bits per heavy atom. The lowest BCUT2D eigenvalue weighted by atomic mass is 10.1. The van der Waals surface area contributed by atoms with Gasteiger partial charge in [0.15, 0.2) is 0 Å². The van der Waals surface area contributed by atoms with Crippen molar-refractivity contribution in [3.8, 4) is 11.5 Å². The number of hydrogen-bond donors (Lipinski definition) is 2. The van der Waals surface area contributed by atoms with Gasteiger partial charge in [-0.1, -0.05) is 31.5 Å². The number of hydrogen-bond acceptors (Lipinski definition) is 5. The number of aromatic nitrogens is 1. The van der Waals surface area contributed by atoms with Gasteiger partial charge in [0.2, 0.25) is 0 Å². The van der Waals surface area contributed by atoms with E-state index in [9.17, 15) is 5.11 Å². The number of methoxy groups -OCH3 is 1. The number of pyridine rings is 1. The fourth-order valence-electron chi connectivity index (χ4n) is 3.77. The summed E-state index contributed by atoms with van der Waals surface area (Å²) < 4.78 is 5.43. The molecule has 8 heteroatoms. The maximum absolute atomic E-state index is 10.6. The number of benzene rings is 3. The zero-order valence-electron chi connectivity index (χ0n) is 18.8. The van der Waals surface area contributed by atoms with E-state index in [-0.39, 0.29) is 30.6 Å². The van der Waals surface area contributed by atoms with Gasteiger partial charge in [-0.05, 0) is 55.6 Å². The van der Waals surface area contributed by atoms with E-state index in [4.69, 9.17) is 21.3 Å². The summed E-state index contributed by atoms with van der Waals surface area (Å²) in [4.78, 5) is 7.03. The summed E-state index contributed by atoms with van der Waals surface area (Å²) in [6.45, 7) is 6.84. The predicted molar refractivity (Wildman–Crippen MR) is 143 cm³/mol. The molecule has 2 N–H and O–H groups in total. The molecule has 1 heterocycles. The number of aromatic hydroxyl groups is 1. The van der Waals surface area contributed by atoms with Crippen molar-refractivity contribution < 1.29 is 9.84 Å². The molecule has 0 saturated heterocycles. The Morgan fingerprint density at radius 1 is 0.939 bits per heavy atom. The first-order valence-electron chi connectivity index (χ1n) is 10.4. The number of ether oxygens (including phenoxy) is 1. The molecule has 0 unspecified atom stereocenters. The van der Waals surface area contributed by atoms with Crippen molar-refractivity contribution in [2.24, 2.45) is 0 Å². The largest absolute Gasteiger partial charge is 0.508 e. The van der Waals surface area contributed by atoms with Gasteiger partial charge in [-0.3, -0.25) is 4.90 Å². The maximum Gasteiger partial charge on any atom is 0.122 e. The molecular formula is C25H28Cl3N3O2. The van der Waals surface area contributed by atoms with Crippen LogP contribution >= 0.6 is 36.4 Å². The summed E-state index contributed by atoms with van der Waals surface area (Å²) in [5.74, 6) is 1.03. The SMILES string of the molecule is CCN(CC)Cc1ccc(Nc2c3ccc(Cl)cc3nc3ccc(OC)cc23)cc1O.Cl.Cl. The summed E-state index contributed by atoms with van der Waals surface area (Å²) >= 11 is 6.22. The average molecular weight is 509 g/mol. The van der Waals surface area contributed by atoms with Gasteiger partial charge < -0.3 is 15.2 Å². The fourth-order valence-corrected chi connectivity index (χ4v) is 3.93. The second-order valence-corrected chi connectivity index (χ2v) is 7.90. The Labute approximate surface area is 211 Å². The van der Waals surface area contributed by atoms with Crippen LogP contribution in [0.25, 0.3) is 21.8 Å². The minimum absolute atomic E-state index is 0. The van der Waals surface area contributed by atoms with Crippen LogP contribution in [0.1, 0.15) is 19.4 Å². The molecule has 0 aliphatic carbocycles. The third kappa shape index (κ3) is 5.74. The van der Waals surface area contributed by atoms with Crippen molar-refractivity contribution >= 4 is 69.6 Å². The Bertz CT molecular complexity index is 1250. The number of halogens is 3. The van der Waals surface area contributed by atoms with Crippen LogP contribution in [-0.4, -0.2) is 35.2 Å². The number of nitrogens with one attached hydrogen (secondary N) is 1. The average Bonchev–Trinajstić information content (AvgIpc) is 2.78. The number of anilines is 2. The molecule has 33 heavy (non-hydrogen) atoms. The first-order chi connectivity index (χ1) is 15.0. The first kappa shape index (κ1) is 26.8. The standard InChI is InChI=1S/C25H26ClN3O2.2ClH/c1-4-29(5-2)15-16-6-8-18(13-24(16)30)27-25-20-10-7-17(26)12-23(20)28-22-11-9-19(31-3)14-21(22)25;;/h6-14,30H,4-5,15H2,1-3H3,(H,27,28);2*1H. The lowest BCUT2D eigenvalue weighted by molar-refractivity contribution is 0.291. The van der Waals surface area contributed by atoms with E-state index in [1.165, 1.54) is 0 Å². The molecule has 1 aromatic heterocycles. The molecule has 4 aromatic rings. The fraction of sp³-hybridized carbons (Fsp3) is 0.240. The lowest BCUT2D eigenvalue weighted by Gasteiger charge is -2.19. The molecule has 4 rings (SSSR count). The molecule has 0 amide bonds. The number of rotatable bonds is 7. The number of phenols is 1. The highest BCUT2D eigenvalue weighted by atomic mass is 35.5. The normalized spacial score (nSPS) is 10.7. The van der Waals surface area contributed by atoms with Crippen molar-refractivity contribution in [1.82, 2.24) is 9.88 Å². The summed E-state index contributed by atoms with van der Waals surface area (Å²) in [5, 5.41) is 16.6. The maximum atomic E-state index is 10.6. The molecule has 0 radical (unpaired) electrons. The van der Waals surface area contributed by atoms with E-state index in [1.54, 1.807) is 13.2 Å². The monoisotopic (exact) mass is 507 g/mol. The van der Waals surface area contributed by atoms with Crippen molar-refractivity contribution in [2.75, 3.05) is 25.5 Å². The molecule has 0 spiro atoms. The molecule has 0 fully saturated rings. The third-order valence-corrected chi connectivity index (χ3v) is 5.82. The van der Waals surface area contributed by atoms with E-state index in [1.807, 2.05) is 48.5 Å². The number of nitrogens with zero attached hydrogens (tertiary/aromatic N) is 2. The Hall–Kier alpha value is -2.44. The zero-order chi connectivity index (χ0) is 22.0. The van der Waals surface area contributed by atoms with E-state index in [2.05, 4.69) is 24.1 Å². The van der Waals surface area contributed by atoms with Gasteiger partial charge in [-0.25, -0.2) is 4.98 Å². The molecule has 176 valence electrons. The Morgan fingerprint density at radius 3 is 2.36 bits per heavy atom. The molecule has 0 aliphatic rings. The highest BCUT2D eigenvalue weighted by molar-refractivity contribution is 6.31. The van der Waals surface area contributed by atoms with Crippen LogP contribution in [0.15, 0.2) is 54.6 Å². The molecule has 0 aliphatic heterocycles. The molecular weight excluding hydrogens is 481 g/mol. The molecule has 0 atom stereocenters. The van der Waals surface area contributed by atoms with Gasteiger partial charge >= 0.3 is 0 Å². The molecule has 5 nitrogen and oxygen atoms in total. The summed E-state index contributed by atoms with van der Waals surface area (Å²) in [5.41, 5.74) is 4.24. The van der Waals surface area contributed by atoms with Crippen LogP contribution in [0.3, 0.4) is 0 Å².